The molecule has 0 N–H and O–H groups in total. The Morgan fingerprint density at radius 1 is 0.591 bits per heavy atom. The molecule has 0 aliphatic heterocycles. The van der Waals surface area contributed by atoms with Crippen LogP contribution >= 0.6 is 0 Å². The topological polar surface area (TPSA) is 0 Å². The zero-order chi connectivity index (χ0) is 16.7. The van der Waals surface area contributed by atoms with Crippen molar-refractivity contribution in [1.29, 1.82) is 0 Å². The van der Waals surface area contributed by atoms with Gasteiger partial charge in [-0.2, -0.15) is 0 Å². The molecule has 22 heavy (non-hydrogen) atoms. The summed E-state index contributed by atoms with van der Waals surface area (Å²) < 4.78 is 0. The number of unbranched alkanes of at least 4 members (excludes halogenated alkanes) is 11. The van der Waals surface area contributed by atoms with E-state index in [2.05, 4.69) is 34.6 Å². The van der Waals surface area contributed by atoms with Crippen LogP contribution in [0.5, 0.6) is 0 Å². The first-order chi connectivity index (χ1) is 10.5. The molecule has 0 aromatic rings. The van der Waals surface area contributed by atoms with Gasteiger partial charge in [0.1, 0.15) is 0 Å². The average Bonchev–Trinajstić information content (AvgIpc) is 2.46. The van der Waals surface area contributed by atoms with Gasteiger partial charge in [-0.05, 0) is 17.8 Å². The third-order valence-electron chi connectivity index (χ3n) is 5.07. The third kappa shape index (κ3) is 18.1. The molecule has 0 rings (SSSR count). The highest BCUT2D eigenvalue weighted by molar-refractivity contribution is 4.61. The van der Waals surface area contributed by atoms with Crippen molar-refractivity contribution in [1.82, 2.24) is 0 Å². The van der Waals surface area contributed by atoms with Crippen molar-refractivity contribution in [2.75, 3.05) is 0 Å². The second-order valence-corrected chi connectivity index (χ2v) is 8.86. The van der Waals surface area contributed by atoms with Crippen molar-refractivity contribution in [3.8, 4) is 0 Å². The molecule has 1 atom stereocenters. The fourth-order valence-electron chi connectivity index (χ4n) is 3.12. The maximum absolute atomic E-state index is 2.39. The van der Waals surface area contributed by atoms with Crippen LogP contribution in [0.25, 0.3) is 0 Å². The highest BCUT2D eigenvalue weighted by Crippen LogP contribution is 2.22. The second kappa shape index (κ2) is 14.6. The number of rotatable bonds is 15. The molecule has 0 fully saturated rings. The first kappa shape index (κ1) is 22.0. The molecular weight excluding hydrogens is 264 g/mol. The van der Waals surface area contributed by atoms with Gasteiger partial charge >= 0.3 is 0 Å². The summed E-state index contributed by atoms with van der Waals surface area (Å²) in [6.45, 7) is 11.8. The van der Waals surface area contributed by atoms with E-state index in [4.69, 9.17) is 0 Å². The second-order valence-electron chi connectivity index (χ2n) is 8.86. The van der Waals surface area contributed by atoms with Gasteiger partial charge in [-0.25, -0.2) is 0 Å². The minimum atomic E-state index is 0.536. The summed E-state index contributed by atoms with van der Waals surface area (Å²) in [5.41, 5.74) is 0.536. The van der Waals surface area contributed by atoms with Crippen LogP contribution in [0, 0.1) is 11.3 Å². The molecule has 0 aliphatic rings. The predicted molar refractivity (Wildman–Crippen MR) is 104 cm³/mol. The van der Waals surface area contributed by atoms with Crippen LogP contribution < -0.4 is 0 Å². The lowest BCUT2D eigenvalue weighted by atomic mass is 9.89. The van der Waals surface area contributed by atoms with Crippen LogP contribution in [-0.2, 0) is 0 Å². The van der Waals surface area contributed by atoms with Gasteiger partial charge in [0.05, 0.1) is 0 Å². The highest BCUT2D eigenvalue weighted by atomic mass is 14.1. The van der Waals surface area contributed by atoms with Gasteiger partial charge in [-0.1, -0.05) is 125 Å². The van der Waals surface area contributed by atoms with Crippen LogP contribution in [0.4, 0.5) is 0 Å². The number of hydrogen-bond acceptors (Lipinski definition) is 0. The monoisotopic (exact) mass is 310 g/mol. The van der Waals surface area contributed by atoms with Crippen molar-refractivity contribution >= 4 is 0 Å². The summed E-state index contributed by atoms with van der Waals surface area (Å²) in [6, 6.07) is 0. The molecule has 0 heterocycles. The number of hydrogen-bond donors (Lipinski definition) is 0. The SMILES string of the molecule is CCC(C)CCCCCCCCCCCCCCC(C)(C)C. The molecule has 0 heteroatoms. The van der Waals surface area contributed by atoms with Crippen molar-refractivity contribution < 1.29 is 0 Å². The zero-order valence-electron chi connectivity index (χ0n) is 16.7. The van der Waals surface area contributed by atoms with E-state index >= 15 is 0 Å². The van der Waals surface area contributed by atoms with E-state index < -0.39 is 0 Å². The summed E-state index contributed by atoms with van der Waals surface area (Å²) in [5, 5.41) is 0. The molecule has 0 aromatic carbocycles. The standard InChI is InChI=1S/C22H46/c1-6-21(2)19-17-15-13-11-9-7-8-10-12-14-16-18-20-22(3,4)5/h21H,6-20H2,1-5H3. The van der Waals surface area contributed by atoms with E-state index in [0.717, 1.165) is 5.92 Å². The molecule has 0 saturated carbocycles. The molecule has 134 valence electrons. The quantitative estimate of drug-likeness (QED) is 0.266. The molecule has 0 radical (unpaired) electrons. The Balaban J connectivity index is 3.06. The summed E-state index contributed by atoms with van der Waals surface area (Å²) in [7, 11) is 0. The van der Waals surface area contributed by atoms with Gasteiger partial charge < -0.3 is 0 Å². The third-order valence-corrected chi connectivity index (χ3v) is 5.07. The van der Waals surface area contributed by atoms with Crippen LogP contribution in [0.15, 0.2) is 0 Å². The molecule has 0 saturated heterocycles. The van der Waals surface area contributed by atoms with E-state index in [9.17, 15) is 0 Å². The van der Waals surface area contributed by atoms with Gasteiger partial charge in [0.25, 0.3) is 0 Å². The summed E-state index contributed by atoms with van der Waals surface area (Å²) in [5.74, 6) is 0.948. The van der Waals surface area contributed by atoms with Crippen molar-refractivity contribution in [2.45, 2.75) is 131 Å². The predicted octanol–water partition coefficient (Wildman–Crippen LogP) is 8.54. The van der Waals surface area contributed by atoms with Crippen molar-refractivity contribution in [2.24, 2.45) is 11.3 Å². The lowest BCUT2D eigenvalue weighted by Crippen LogP contribution is -2.03. The van der Waals surface area contributed by atoms with Gasteiger partial charge in [0.15, 0.2) is 0 Å². The van der Waals surface area contributed by atoms with Gasteiger partial charge in [-0.15, -0.1) is 0 Å². The minimum absolute atomic E-state index is 0.536. The Morgan fingerprint density at radius 3 is 1.32 bits per heavy atom. The smallest absolute Gasteiger partial charge is 0.0383 e. The van der Waals surface area contributed by atoms with Crippen molar-refractivity contribution in [3.05, 3.63) is 0 Å². The lowest BCUT2D eigenvalue weighted by molar-refractivity contribution is 0.356. The van der Waals surface area contributed by atoms with Gasteiger partial charge in [0, 0.05) is 0 Å². The van der Waals surface area contributed by atoms with E-state index in [1.54, 1.807) is 0 Å². The Kier molecular flexibility index (Phi) is 14.6. The van der Waals surface area contributed by atoms with Crippen LogP contribution in [-0.4, -0.2) is 0 Å². The largest absolute Gasteiger partial charge is 0.0651 e. The Morgan fingerprint density at radius 2 is 0.955 bits per heavy atom. The zero-order valence-corrected chi connectivity index (χ0v) is 16.7. The summed E-state index contributed by atoms with van der Waals surface area (Å²) in [4.78, 5) is 0. The normalized spacial score (nSPS) is 13.5. The van der Waals surface area contributed by atoms with Gasteiger partial charge in [0.2, 0.25) is 0 Å². The molecule has 0 aliphatic carbocycles. The van der Waals surface area contributed by atoms with Crippen LogP contribution in [0.1, 0.15) is 131 Å². The Labute approximate surface area is 142 Å². The first-order valence-corrected chi connectivity index (χ1v) is 10.5. The molecule has 0 amide bonds. The van der Waals surface area contributed by atoms with E-state index in [-0.39, 0.29) is 0 Å². The fraction of sp³-hybridized carbons (Fsp3) is 1.00. The Bertz CT molecular complexity index is 211. The molecule has 0 aromatic heterocycles. The first-order valence-electron chi connectivity index (χ1n) is 10.5. The van der Waals surface area contributed by atoms with Crippen molar-refractivity contribution in [3.63, 3.8) is 0 Å². The molecule has 0 bridgehead atoms. The molecule has 0 nitrogen and oxygen atoms in total. The molecule has 0 spiro atoms. The maximum atomic E-state index is 2.39. The maximum Gasteiger partial charge on any atom is -0.0383 e. The minimum Gasteiger partial charge on any atom is -0.0651 e. The molecule has 1 unspecified atom stereocenters. The fourth-order valence-corrected chi connectivity index (χ4v) is 3.12. The Hall–Kier alpha value is 0. The summed E-state index contributed by atoms with van der Waals surface area (Å²) in [6.07, 6.45) is 21.8. The highest BCUT2D eigenvalue weighted by Gasteiger charge is 2.08. The average molecular weight is 311 g/mol. The van der Waals surface area contributed by atoms with Crippen LogP contribution in [0.2, 0.25) is 0 Å². The van der Waals surface area contributed by atoms with Crippen LogP contribution in [0.3, 0.4) is 0 Å². The van der Waals surface area contributed by atoms with E-state index in [0.29, 0.717) is 5.41 Å². The van der Waals surface area contributed by atoms with E-state index in [1.807, 2.05) is 0 Å². The van der Waals surface area contributed by atoms with Gasteiger partial charge in [-0.3, -0.25) is 0 Å². The van der Waals surface area contributed by atoms with E-state index in [1.165, 1.54) is 96.3 Å². The summed E-state index contributed by atoms with van der Waals surface area (Å²) >= 11 is 0. The lowest BCUT2D eigenvalue weighted by Gasteiger charge is -2.17. The molecular formula is C22H46.